The first kappa shape index (κ1) is 20.7. The Balaban J connectivity index is 2.56. The number of halogens is 7. The maximum absolute atomic E-state index is 13.9. The lowest BCUT2D eigenvalue weighted by atomic mass is 9.73. The molecule has 10 heteroatoms. The van der Waals surface area contributed by atoms with Crippen molar-refractivity contribution in [2.75, 3.05) is 13.1 Å². The van der Waals surface area contributed by atoms with Crippen LogP contribution in [0.1, 0.15) is 39.5 Å². The van der Waals surface area contributed by atoms with Gasteiger partial charge in [-0.1, -0.05) is 13.8 Å². The highest BCUT2D eigenvalue weighted by Gasteiger charge is 2.76. The van der Waals surface area contributed by atoms with E-state index in [2.05, 4.69) is 0 Å². The summed E-state index contributed by atoms with van der Waals surface area (Å²) in [7, 11) is 0. The molecule has 0 amide bonds. The van der Waals surface area contributed by atoms with Gasteiger partial charge in [-0.3, -0.25) is 9.59 Å². The number of rotatable bonds is 4. The van der Waals surface area contributed by atoms with Crippen molar-refractivity contribution >= 4 is 11.6 Å². The van der Waals surface area contributed by atoms with Crippen LogP contribution in [0.4, 0.5) is 30.7 Å². The minimum atomic E-state index is -6.63. The number of carbonyl (C=O) groups is 2. The Morgan fingerprint density at radius 2 is 1.46 bits per heavy atom. The van der Waals surface area contributed by atoms with E-state index in [4.69, 9.17) is 0 Å². The van der Waals surface area contributed by atoms with Crippen molar-refractivity contribution in [1.29, 1.82) is 0 Å². The fourth-order valence-electron chi connectivity index (χ4n) is 3.28. The summed E-state index contributed by atoms with van der Waals surface area (Å²) in [5, 5.41) is 0. The molecule has 1 aliphatic heterocycles. The number of allylic oxidation sites excluding steroid dienone is 2. The number of nitrogens with zero attached hydrogens (tertiary/aromatic N) is 1. The molecule has 1 aliphatic carbocycles. The van der Waals surface area contributed by atoms with Crippen LogP contribution >= 0.6 is 0 Å². The Morgan fingerprint density at radius 3 is 1.92 bits per heavy atom. The molecule has 0 atom stereocenters. The standard InChI is InChI=1S/C16H18F7NO2/c1-13(2)7-9(24-5-3-4-6-24)11(10(25)8-13)12(26)14(17,18)15(19,20)16(21,22)23/h3-8H2,1-2H3. The van der Waals surface area contributed by atoms with Crippen LogP contribution in [0.3, 0.4) is 0 Å². The second-order valence-electron chi connectivity index (χ2n) is 7.43. The molecule has 2 aliphatic rings. The first-order valence-corrected chi connectivity index (χ1v) is 8.00. The van der Waals surface area contributed by atoms with Crippen molar-refractivity contribution in [2.45, 2.75) is 57.6 Å². The topological polar surface area (TPSA) is 37.4 Å². The molecule has 3 nitrogen and oxygen atoms in total. The molecule has 0 N–H and O–H groups in total. The molecule has 0 saturated carbocycles. The molecule has 0 spiro atoms. The van der Waals surface area contributed by atoms with Crippen LogP contribution in [-0.2, 0) is 9.59 Å². The van der Waals surface area contributed by atoms with E-state index in [-0.39, 0.29) is 18.5 Å². The molecular formula is C16H18F7NO2. The fraction of sp³-hybridized carbons (Fsp3) is 0.750. The maximum atomic E-state index is 13.9. The van der Waals surface area contributed by atoms with Crippen LogP contribution in [0.2, 0.25) is 0 Å². The molecule has 2 rings (SSSR count). The zero-order valence-corrected chi connectivity index (χ0v) is 14.2. The summed E-state index contributed by atoms with van der Waals surface area (Å²) in [5.41, 5.74) is -2.10. The summed E-state index contributed by atoms with van der Waals surface area (Å²) < 4.78 is 91.4. The molecule has 26 heavy (non-hydrogen) atoms. The lowest BCUT2D eigenvalue weighted by molar-refractivity contribution is -0.342. The number of likely N-dealkylation sites (tertiary alicyclic amines) is 1. The van der Waals surface area contributed by atoms with E-state index < -0.39 is 40.6 Å². The quantitative estimate of drug-likeness (QED) is 0.536. The molecule has 148 valence electrons. The monoisotopic (exact) mass is 389 g/mol. The van der Waals surface area contributed by atoms with Gasteiger partial charge < -0.3 is 4.90 Å². The van der Waals surface area contributed by atoms with Crippen LogP contribution in [0.5, 0.6) is 0 Å². The summed E-state index contributed by atoms with van der Waals surface area (Å²) in [5.74, 6) is -16.5. The SMILES string of the molecule is CC1(C)CC(=O)C(C(=O)C(F)(F)C(F)(F)C(F)(F)F)=C(N2CCCC2)C1. The van der Waals surface area contributed by atoms with Crippen molar-refractivity contribution in [3.63, 3.8) is 0 Å². The molecule has 0 aromatic heterocycles. The molecular weight excluding hydrogens is 371 g/mol. The third kappa shape index (κ3) is 3.34. The molecule has 1 heterocycles. The van der Waals surface area contributed by atoms with E-state index >= 15 is 0 Å². The third-order valence-electron chi connectivity index (χ3n) is 4.60. The Bertz CT molecular complexity index is 643. The van der Waals surface area contributed by atoms with Crippen LogP contribution < -0.4 is 0 Å². The number of hydrogen-bond acceptors (Lipinski definition) is 3. The van der Waals surface area contributed by atoms with Crippen LogP contribution in [0.15, 0.2) is 11.3 Å². The summed E-state index contributed by atoms with van der Waals surface area (Å²) in [6.07, 6.45) is -5.78. The first-order valence-electron chi connectivity index (χ1n) is 8.00. The molecule has 0 radical (unpaired) electrons. The number of carbonyl (C=O) groups excluding carboxylic acids is 2. The lowest BCUT2D eigenvalue weighted by Crippen LogP contribution is -2.57. The van der Waals surface area contributed by atoms with Crippen LogP contribution in [-0.4, -0.2) is 47.6 Å². The zero-order valence-electron chi connectivity index (χ0n) is 14.2. The molecule has 1 fully saturated rings. The largest absolute Gasteiger partial charge is 0.460 e. The second kappa shape index (κ2) is 6.23. The van der Waals surface area contributed by atoms with Crippen molar-refractivity contribution in [3.8, 4) is 0 Å². The number of alkyl halides is 7. The van der Waals surface area contributed by atoms with Gasteiger partial charge in [-0.25, -0.2) is 0 Å². The van der Waals surface area contributed by atoms with E-state index in [1.165, 1.54) is 4.90 Å². The van der Waals surface area contributed by atoms with E-state index in [9.17, 15) is 40.3 Å². The van der Waals surface area contributed by atoms with Gasteiger partial charge in [-0.05, 0) is 24.7 Å². The second-order valence-corrected chi connectivity index (χ2v) is 7.43. The third-order valence-corrected chi connectivity index (χ3v) is 4.60. The van der Waals surface area contributed by atoms with Gasteiger partial charge in [0, 0.05) is 25.2 Å². The van der Waals surface area contributed by atoms with Gasteiger partial charge >= 0.3 is 18.0 Å². The van der Waals surface area contributed by atoms with Crippen molar-refractivity contribution < 1.29 is 40.3 Å². The minimum Gasteiger partial charge on any atom is -0.374 e. The van der Waals surface area contributed by atoms with E-state index in [0.29, 0.717) is 25.9 Å². The van der Waals surface area contributed by atoms with Crippen LogP contribution in [0, 0.1) is 5.41 Å². The van der Waals surface area contributed by atoms with Crippen molar-refractivity contribution in [2.24, 2.45) is 5.41 Å². The van der Waals surface area contributed by atoms with Crippen molar-refractivity contribution in [1.82, 2.24) is 4.90 Å². The van der Waals surface area contributed by atoms with E-state index in [1.54, 1.807) is 13.8 Å². The van der Waals surface area contributed by atoms with E-state index in [0.717, 1.165) is 0 Å². The Morgan fingerprint density at radius 1 is 0.962 bits per heavy atom. The summed E-state index contributed by atoms with van der Waals surface area (Å²) in [6, 6.07) is 0. The van der Waals surface area contributed by atoms with Gasteiger partial charge in [-0.15, -0.1) is 0 Å². The summed E-state index contributed by atoms with van der Waals surface area (Å²) in [6.45, 7) is 3.89. The number of hydrogen-bond donors (Lipinski definition) is 0. The fourth-order valence-corrected chi connectivity index (χ4v) is 3.28. The highest BCUT2D eigenvalue weighted by Crippen LogP contribution is 2.49. The molecule has 0 bridgehead atoms. The van der Waals surface area contributed by atoms with Gasteiger partial charge in [0.15, 0.2) is 5.78 Å². The molecule has 0 aromatic carbocycles. The molecule has 1 saturated heterocycles. The highest BCUT2D eigenvalue weighted by atomic mass is 19.4. The van der Waals surface area contributed by atoms with Crippen molar-refractivity contribution in [3.05, 3.63) is 11.3 Å². The summed E-state index contributed by atoms with van der Waals surface area (Å²) >= 11 is 0. The van der Waals surface area contributed by atoms with Crippen LogP contribution in [0.25, 0.3) is 0 Å². The van der Waals surface area contributed by atoms with Gasteiger partial charge in [0.1, 0.15) is 0 Å². The first-order chi connectivity index (χ1) is 11.6. The van der Waals surface area contributed by atoms with E-state index in [1.807, 2.05) is 0 Å². The average molecular weight is 389 g/mol. The number of ketones is 2. The molecule has 0 aromatic rings. The highest BCUT2D eigenvalue weighted by molar-refractivity contribution is 6.23. The minimum absolute atomic E-state index is 0.0342. The average Bonchev–Trinajstić information content (AvgIpc) is 2.97. The number of Topliss-reactive ketones (excluding diaryl/α,β-unsaturated/α-hetero) is 2. The Hall–Kier alpha value is -1.61. The Labute approximate surface area is 145 Å². The lowest BCUT2D eigenvalue weighted by Gasteiger charge is -2.37. The van der Waals surface area contributed by atoms with Gasteiger partial charge in [0.2, 0.25) is 5.78 Å². The van der Waals surface area contributed by atoms with Gasteiger partial charge in [0.25, 0.3) is 0 Å². The zero-order chi connectivity index (χ0) is 20.1. The smallest absolute Gasteiger partial charge is 0.374 e. The predicted molar refractivity (Wildman–Crippen MR) is 76.8 cm³/mol. The molecule has 0 unspecified atom stereocenters. The summed E-state index contributed by atoms with van der Waals surface area (Å²) in [4.78, 5) is 25.8. The predicted octanol–water partition coefficient (Wildman–Crippen LogP) is 4.13. The normalized spacial score (nSPS) is 22.2. The Kier molecular flexibility index (Phi) is 4.96. The van der Waals surface area contributed by atoms with Gasteiger partial charge in [-0.2, -0.15) is 30.7 Å². The maximum Gasteiger partial charge on any atom is 0.460 e. The van der Waals surface area contributed by atoms with Gasteiger partial charge in [0.05, 0.1) is 5.57 Å².